The van der Waals surface area contributed by atoms with Crippen LogP contribution in [0.5, 0.6) is 0 Å². The summed E-state index contributed by atoms with van der Waals surface area (Å²) in [5.41, 5.74) is 1.85. The third kappa shape index (κ3) is 3.84. The van der Waals surface area contributed by atoms with Gasteiger partial charge in [-0.3, -0.25) is 9.52 Å². The van der Waals surface area contributed by atoms with Gasteiger partial charge in [0.2, 0.25) is 10.0 Å². The largest absolute Gasteiger partial charge is 0.322 e. The van der Waals surface area contributed by atoms with E-state index in [4.69, 9.17) is 0 Å². The van der Waals surface area contributed by atoms with Crippen LogP contribution in [0.4, 0.5) is 11.4 Å². The van der Waals surface area contributed by atoms with Crippen molar-refractivity contribution in [1.29, 1.82) is 0 Å². The van der Waals surface area contributed by atoms with E-state index in [2.05, 4.69) is 10.0 Å². The van der Waals surface area contributed by atoms with Crippen LogP contribution in [0, 0.1) is 0 Å². The van der Waals surface area contributed by atoms with Gasteiger partial charge in [-0.05, 0) is 47.8 Å². The molecule has 2 heterocycles. The molecule has 0 unspecified atom stereocenters. The third-order valence-electron chi connectivity index (χ3n) is 3.18. The number of carbonyl (C=O) groups is 1. The monoisotopic (exact) mass is 361 g/mol. The number of nitrogens with zero attached hydrogens (tertiary/aromatic N) is 1. The van der Waals surface area contributed by atoms with Crippen LogP contribution in [0.3, 0.4) is 0 Å². The average Bonchev–Trinajstić information content (AvgIpc) is 3.18. The highest BCUT2D eigenvalue weighted by Gasteiger charge is 2.14. The Balaban J connectivity index is 1.75. The van der Waals surface area contributed by atoms with E-state index in [1.165, 1.54) is 11.3 Å². The molecule has 124 valence electrons. The van der Waals surface area contributed by atoms with E-state index in [0.29, 0.717) is 16.3 Å². The highest BCUT2D eigenvalue weighted by atomic mass is 32.2. The van der Waals surface area contributed by atoms with Crippen molar-refractivity contribution < 1.29 is 13.2 Å². The molecule has 0 atom stereocenters. The number of benzene rings is 1. The summed E-state index contributed by atoms with van der Waals surface area (Å²) in [6, 6.07) is 12.2. The molecule has 0 saturated carbocycles. The third-order valence-corrected chi connectivity index (χ3v) is 4.69. The minimum absolute atomic E-state index is 0.211. The highest BCUT2D eigenvalue weighted by Crippen LogP contribution is 2.23. The lowest BCUT2D eigenvalue weighted by Gasteiger charge is -2.08. The number of hydrogen-bond acceptors (Lipinski definition) is 4. The molecule has 0 radical (unpaired) electrons. The average molecular weight is 361 g/mol. The van der Waals surface area contributed by atoms with Gasteiger partial charge in [-0.1, -0.05) is 0 Å². The summed E-state index contributed by atoms with van der Waals surface area (Å²) in [5.74, 6) is -0.211. The van der Waals surface area contributed by atoms with Gasteiger partial charge in [-0.15, -0.1) is 11.3 Å². The van der Waals surface area contributed by atoms with E-state index in [1.807, 2.05) is 40.5 Å². The summed E-state index contributed by atoms with van der Waals surface area (Å²) in [6.07, 6.45) is 4.84. The number of rotatable bonds is 5. The van der Waals surface area contributed by atoms with Gasteiger partial charge in [-0.25, -0.2) is 8.42 Å². The summed E-state index contributed by atoms with van der Waals surface area (Å²) < 4.78 is 26.6. The first-order valence-corrected chi connectivity index (χ1v) is 9.79. The molecule has 1 aromatic carbocycles. The second-order valence-corrected chi connectivity index (χ2v) is 7.80. The fraction of sp³-hybridized carbons (Fsp3) is 0.0625. The molecular weight excluding hydrogens is 346 g/mol. The lowest BCUT2D eigenvalue weighted by atomic mass is 10.2. The molecule has 0 aliphatic carbocycles. The molecule has 0 spiro atoms. The minimum Gasteiger partial charge on any atom is -0.322 e. The summed E-state index contributed by atoms with van der Waals surface area (Å²) in [6.45, 7) is 0. The van der Waals surface area contributed by atoms with Crippen molar-refractivity contribution in [3.05, 3.63) is 65.1 Å². The number of amides is 1. The SMILES string of the molecule is CS(=O)(=O)Nc1ccc(NC(=O)c2sccc2-n2cccc2)cc1. The Kier molecular flexibility index (Phi) is 4.41. The molecule has 8 heteroatoms. The van der Waals surface area contributed by atoms with Crippen LogP contribution in [-0.4, -0.2) is 25.1 Å². The van der Waals surface area contributed by atoms with Gasteiger partial charge < -0.3 is 9.88 Å². The predicted octanol–water partition coefficient (Wildman–Crippen LogP) is 3.16. The van der Waals surface area contributed by atoms with Crippen molar-refractivity contribution in [3.8, 4) is 5.69 Å². The quantitative estimate of drug-likeness (QED) is 0.732. The summed E-state index contributed by atoms with van der Waals surface area (Å²) in [5, 5.41) is 4.68. The minimum atomic E-state index is -3.32. The normalized spacial score (nSPS) is 11.2. The number of aromatic nitrogens is 1. The number of thiophene rings is 1. The molecule has 1 amide bonds. The number of hydrogen-bond donors (Lipinski definition) is 2. The first-order chi connectivity index (χ1) is 11.4. The zero-order valence-corrected chi connectivity index (χ0v) is 14.4. The van der Waals surface area contributed by atoms with Crippen molar-refractivity contribution >= 4 is 38.6 Å². The molecule has 0 aliphatic heterocycles. The molecule has 24 heavy (non-hydrogen) atoms. The first-order valence-electron chi connectivity index (χ1n) is 7.02. The zero-order chi connectivity index (χ0) is 17.2. The van der Waals surface area contributed by atoms with Crippen molar-refractivity contribution in [2.75, 3.05) is 16.3 Å². The number of anilines is 2. The molecule has 6 nitrogen and oxygen atoms in total. The van der Waals surface area contributed by atoms with Crippen LogP contribution in [0.25, 0.3) is 5.69 Å². The zero-order valence-electron chi connectivity index (χ0n) is 12.8. The van der Waals surface area contributed by atoms with E-state index in [1.54, 1.807) is 24.3 Å². The van der Waals surface area contributed by atoms with Crippen LogP contribution < -0.4 is 10.0 Å². The smallest absolute Gasteiger partial charge is 0.267 e. The molecule has 0 fully saturated rings. The van der Waals surface area contributed by atoms with E-state index in [-0.39, 0.29) is 5.91 Å². The maximum absolute atomic E-state index is 12.5. The van der Waals surface area contributed by atoms with Crippen LogP contribution in [0.15, 0.2) is 60.2 Å². The predicted molar refractivity (Wildman–Crippen MR) is 96.5 cm³/mol. The Bertz CT molecular complexity index is 943. The van der Waals surface area contributed by atoms with Gasteiger partial charge in [0.25, 0.3) is 5.91 Å². The van der Waals surface area contributed by atoms with Crippen LogP contribution in [-0.2, 0) is 10.0 Å². The van der Waals surface area contributed by atoms with Crippen LogP contribution >= 0.6 is 11.3 Å². The van der Waals surface area contributed by atoms with Crippen molar-refractivity contribution in [1.82, 2.24) is 4.57 Å². The molecular formula is C16H15N3O3S2. The maximum Gasteiger partial charge on any atom is 0.267 e. The van der Waals surface area contributed by atoms with Crippen molar-refractivity contribution in [3.63, 3.8) is 0 Å². The Hall–Kier alpha value is -2.58. The van der Waals surface area contributed by atoms with Crippen molar-refractivity contribution in [2.24, 2.45) is 0 Å². The van der Waals surface area contributed by atoms with E-state index >= 15 is 0 Å². The Morgan fingerprint density at radius 3 is 2.29 bits per heavy atom. The van der Waals surface area contributed by atoms with Gasteiger partial charge in [0.15, 0.2) is 0 Å². The lowest BCUT2D eigenvalue weighted by molar-refractivity contribution is 0.103. The van der Waals surface area contributed by atoms with Gasteiger partial charge in [-0.2, -0.15) is 0 Å². The Morgan fingerprint density at radius 1 is 1.04 bits per heavy atom. The summed E-state index contributed by atoms with van der Waals surface area (Å²) in [7, 11) is -3.32. The standard InChI is InChI=1S/C16H15N3O3S2/c1-24(21,22)18-13-6-4-12(5-7-13)17-16(20)15-14(8-11-23-15)19-9-2-3-10-19/h2-11,18H,1H3,(H,17,20). The lowest BCUT2D eigenvalue weighted by Crippen LogP contribution is -2.13. The van der Waals surface area contributed by atoms with Crippen LogP contribution in [0.1, 0.15) is 9.67 Å². The van der Waals surface area contributed by atoms with Crippen molar-refractivity contribution in [2.45, 2.75) is 0 Å². The fourth-order valence-corrected chi connectivity index (χ4v) is 3.54. The second kappa shape index (κ2) is 6.50. The number of carbonyl (C=O) groups excluding carboxylic acids is 1. The van der Waals surface area contributed by atoms with Gasteiger partial charge in [0.05, 0.1) is 11.9 Å². The number of sulfonamides is 1. The van der Waals surface area contributed by atoms with Crippen LogP contribution in [0.2, 0.25) is 0 Å². The molecule has 2 aromatic heterocycles. The van der Waals surface area contributed by atoms with E-state index in [0.717, 1.165) is 11.9 Å². The Labute approximate surface area is 143 Å². The van der Waals surface area contributed by atoms with E-state index in [9.17, 15) is 13.2 Å². The molecule has 3 aromatic rings. The van der Waals surface area contributed by atoms with Gasteiger partial charge >= 0.3 is 0 Å². The molecule has 0 aliphatic rings. The summed E-state index contributed by atoms with van der Waals surface area (Å²) >= 11 is 1.36. The first kappa shape index (κ1) is 16.3. The number of nitrogens with one attached hydrogen (secondary N) is 2. The molecule has 2 N–H and O–H groups in total. The molecule has 0 saturated heterocycles. The second-order valence-electron chi connectivity index (χ2n) is 5.13. The molecule has 0 bridgehead atoms. The summed E-state index contributed by atoms with van der Waals surface area (Å²) in [4.78, 5) is 13.1. The van der Waals surface area contributed by atoms with E-state index < -0.39 is 10.0 Å². The fourth-order valence-electron chi connectivity index (χ4n) is 2.19. The van der Waals surface area contributed by atoms with Gasteiger partial charge in [0.1, 0.15) is 4.88 Å². The maximum atomic E-state index is 12.5. The van der Waals surface area contributed by atoms with Gasteiger partial charge in [0, 0.05) is 23.8 Å². The Morgan fingerprint density at radius 2 is 1.67 bits per heavy atom. The molecule has 3 rings (SSSR count). The topological polar surface area (TPSA) is 80.2 Å². The highest BCUT2D eigenvalue weighted by molar-refractivity contribution is 7.92.